The fraction of sp³-hybridized carbons (Fsp3) is 0.389. The third-order valence-corrected chi connectivity index (χ3v) is 4.34. The second kappa shape index (κ2) is 9.58. The van der Waals surface area contributed by atoms with Gasteiger partial charge in [0.05, 0.1) is 19.0 Å². The van der Waals surface area contributed by atoms with Crippen molar-refractivity contribution in [2.24, 2.45) is 12.0 Å². The first-order chi connectivity index (χ1) is 12.6. The van der Waals surface area contributed by atoms with Crippen LogP contribution < -0.4 is 15.0 Å². The molecule has 0 saturated carbocycles. The van der Waals surface area contributed by atoms with Crippen molar-refractivity contribution in [1.29, 1.82) is 0 Å². The van der Waals surface area contributed by atoms with E-state index >= 15 is 0 Å². The van der Waals surface area contributed by atoms with Gasteiger partial charge < -0.3 is 19.9 Å². The average molecular weight is 484 g/mol. The molecule has 1 amide bonds. The largest absolute Gasteiger partial charge is 0.497 e. The van der Waals surface area contributed by atoms with E-state index < -0.39 is 0 Å². The first kappa shape index (κ1) is 21.0. The maximum atomic E-state index is 12.5. The van der Waals surface area contributed by atoms with Crippen molar-refractivity contribution in [3.63, 3.8) is 0 Å². The molecule has 0 aliphatic carbocycles. The number of nitrogens with zero attached hydrogens (tertiary/aromatic N) is 5. The molecule has 0 radical (unpaired) electrons. The standard InChI is InChI=1S/C18H24N6O2.HI/c1-19-18(20-10-14-4-6-16(26-3)7-5-14)23-8-9-24(17(25)13-23)15-11-21-22(2)12-15;/h4-7,11-12H,8-10,13H2,1-3H3,(H,19,20);1H. The van der Waals surface area contributed by atoms with Crippen LogP contribution in [0.25, 0.3) is 0 Å². The minimum atomic E-state index is 0. The van der Waals surface area contributed by atoms with E-state index in [1.54, 1.807) is 29.9 Å². The highest BCUT2D eigenvalue weighted by atomic mass is 127. The normalized spacial score (nSPS) is 14.8. The van der Waals surface area contributed by atoms with Gasteiger partial charge in [-0.15, -0.1) is 24.0 Å². The number of amides is 1. The van der Waals surface area contributed by atoms with Gasteiger partial charge in [-0.1, -0.05) is 12.1 Å². The summed E-state index contributed by atoms with van der Waals surface area (Å²) in [6.07, 6.45) is 3.56. The SMILES string of the molecule is CN=C(NCc1ccc(OC)cc1)N1CCN(c2cnn(C)c2)C(=O)C1.I. The molecule has 3 rings (SSSR count). The Morgan fingerprint density at radius 3 is 2.59 bits per heavy atom. The van der Waals surface area contributed by atoms with Crippen LogP contribution in [0, 0.1) is 0 Å². The highest BCUT2D eigenvalue weighted by Crippen LogP contribution is 2.16. The van der Waals surface area contributed by atoms with Gasteiger partial charge in [-0.3, -0.25) is 14.5 Å². The molecular formula is C18H25IN6O2. The highest BCUT2D eigenvalue weighted by molar-refractivity contribution is 14.0. The van der Waals surface area contributed by atoms with Gasteiger partial charge in [0.15, 0.2) is 5.96 Å². The molecule has 1 aromatic carbocycles. The lowest BCUT2D eigenvalue weighted by Gasteiger charge is -2.35. The number of rotatable bonds is 4. The van der Waals surface area contributed by atoms with E-state index in [1.807, 2.05) is 42.4 Å². The van der Waals surface area contributed by atoms with E-state index in [0.717, 1.165) is 23.0 Å². The number of nitrogens with one attached hydrogen (secondary N) is 1. The smallest absolute Gasteiger partial charge is 0.246 e. The van der Waals surface area contributed by atoms with E-state index in [9.17, 15) is 4.79 Å². The zero-order chi connectivity index (χ0) is 18.5. The monoisotopic (exact) mass is 484 g/mol. The van der Waals surface area contributed by atoms with Crippen LogP contribution in [0.15, 0.2) is 41.7 Å². The van der Waals surface area contributed by atoms with Gasteiger partial charge in [0, 0.05) is 39.9 Å². The first-order valence-electron chi connectivity index (χ1n) is 8.48. The lowest BCUT2D eigenvalue weighted by molar-refractivity contribution is -0.120. The van der Waals surface area contributed by atoms with Crippen LogP contribution in [0.1, 0.15) is 5.56 Å². The summed E-state index contributed by atoms with van der Waals surface area (Å²) >= 11 is 0. The topological polar surface area (TPSA) is 75.0 Å². The maximum Gasteiger partial charge on any atom is 0.246 e. The summed E-state index contributed by atoms with van der Waals surface area (Å²) < 4.78 is 6.87. The van der Waals surface area contributed by atoms with Crippen LogP contribution >= 0.6 is 24.0 Å². The molecule has 1 N–H and O–H groups in total. The zero-order valence-electron chi connectivity index (χ0n) is 15.8. The summed E-state index contributed by atoms with van der Waals surface area (Å²) in [5, 5.41) is 7.46. The van der Waals surface area contributed by atoms with Crippen molar-refractivity contribution < 1.29 is 9.53 Å². The molecule has 1 fully saturated rings. The Hall–Kier alpha value is -2.30. The van der Waals surface area contributed by atoms with Gasteiger partial charge in [0.25, 0.3) is 0 Å². The van der Waals surface area contributed by atoms with E-state index in [-0.39, 0.29) is 36.4 Å². The van der Waals surface area contributed by atoms with Crippen LogP contribution in [-0.4, -0.2) is 60.3 Å². The Labute approximate surface area is 176 Å². The fourth-order valence-electron chi connectivity index (χ4n) is 2.93. The highest BCUT2D eigenvalue weighted by Gasteiger charge is 2.27. The van der Waals surface area contributed by atoms with Gasteiger partial charge in [-0.05, 0) is 17.7 Å². The molecule has 27 heavy (non-hydrogen) atoms. The van der Waals surface area contributed by atoms with E-state index in [1.165, 1.54) is 0 Å². The molecule has 9 heteroatoms. The summed E-state index contributed by atoms with van der Waals surface area (Å²) in [5.41, 5.74) is 1.95. The number of guanidine groups is 1. The number of carbonyl (C=O) groups is 1. The number of hydrogen-bond acceptors (Lipinski definition) is 4. The minimum absolute atomic E-state index is 0. The van der Waals surface area contributed by atoms with Crippen molar-refractivity contribution in [3.05, 3.63) is 42.2 Å². The molecule has 1 saturated heterocycles. The Bertz CT molecular complexity index is 789. The predicted octanol–water partition coefficient (Wildman–Crippen LogP) is 1.47. The van der Waals surface area contributed by atoms with Crippen LogP contribution in [-0.2, 0) is 18.4 Å². The third-order valence-electron chi connectivity index (χ3n) is 4.34. The molecule has 146 valence electrons. The van der Waals surface area contributed by atoms with Gasteiger partial charge in [0.2, 0.25) is 5.91 Å². The molecule has 1 aliphatic rings. The molecule has 0 bridgehead atoms. The van der Waals surface area contributed by atoms with Crippen molar-refractivity contribution in [2.75, 3.05) is 38.7 Å². The number of methoxy groups -OCH3 is 1. The number of piperazine rings is 1. The number of ether oxygens (including phenoxy) is 1. The Morgan fingerprint density at radius 2 is 2.04 bits per heavy atom. The van der Waals surface area contributed by atoms with Gasteiger partial charge in [-0.25, -0.2) is 0 Å². The summed E-state index contributed by atoms with van der Waals surface area (Å²) in [6, 6.07) is 7.86. The molecular weight excluding hydrogens is 459 g/mol. The van der Waals surface area contributed by atoms with Gasteiger partial charge >= 0.3 is 0 Å². The van der Waals surface area contributed by atoms with Crippen LogP contribution in [0.4, 0.5) is 5.69 Å². The summed E-state index contributed by atoms with van der Waals surface area (Å²) in [4.78, 5) is 20.6. The molecule has 1 aromatic heterocycles. The summed E-state index contributed by atoms with van der Waals surface area (Å²) in [7, 11) is 5.22. The lowest BCUT2D eigenvalue weighted by atomic mass is 10.2. The maximum absolute atomic E-state index is 12.5. The number of aryl methyl sites for hydroxylation is 1. The summed E-state index contributed by atoms with van der Waals surface area (Å²) in [5.74, 6) is 1.59. The second-order valence-corrected chi connectivity index (χ2v) is 6.09. The quantitative estimate of drug-likeness (QED) is 0.405. The zero-order valence-corrected chi connectivity index (χ0v) is 18.1. The molecule has 2 heterocycles. The molecule has 0 unspecified atom stereocenters. The number of anilines is 1. The Balaban J connectivity index is 0.00000261. The van der Waals surface area contributed by atoms with E-state index in [2.05, 4.69) is 15.4 Å². The first-order valence-corrected chi connectivity index (χ1v) is 8.48. The molecule has 1 aliphatic heterocycles. The molecule has 0 atom stereocenters. The minimum Gasteiger partial charge on any atom is -0.497 e. The van der Waals surface area contributed by atoms with Gasteiger partial charge in [0.1, 0.15) is 12.3 Å². The van der Waals surface area contributed by atoms with Crippen LogP contribution in [0.5, 0.6) is 5.75 Å². The van der Waals surface area contributed by atoms with Crippen molar-refractivity contribution >= 4 is 41.5 Å². The number of halogens is 1. The summed E-state index contributed by atoms with van der Waals surface area (Å²) in [6.45, 7) is 2.24. The number of benzene rings is 1. The Kier molecular flexibility index (Phi) is 7.45. The van der Waals surface area contributed by atoms with E-state index in [4.69, 9.17) is 4.74 Å². The predicted molar refractivity (Wildman–Crippen MR) is 116 cm³/mol. The lowest BCUT2D eigenvalue weighted by Crippen LogP contribution is -2.55. The number of hydrogen-bond donors (Lipinski definition) is 1. The van der Waals surface area contributed by atoms with Crippen molar-refractivity contribution in [3.8, 4) is 5.75 Å². The van der Waals surface area contributed by atoms with E-state index in [0.29, 0.717) is 19.6 Å². The fourth-order valence-corrected chi connectivity index (χ4v) is 2.93. The number of aromatic nitrogens is 2. The van der Waals surface area contributed by atoms with Crippen molar-refractivity contribution in [1.82, 2.24) is 20.0 Å². The second-order valence-electron chi connectivity index (χ2n) is 6.09. The van der Waals surface area contributed by atoms with Crippen LogP contribution in [0.2, 0.25) is 0 Å². The third kappa shape index (κ3) is 5.12. The molecule has 0 spiro atoms. The van der Waals surface area contributed by atoms with Crippen LogP contribution in [0.3, 0.4) is 0 Å². The number of aliphatic imine (C=N–C) groups is 1. The molecule has 2 aromatic rings. The Morgan fingerprint density at radius 1 is 1.30 bits per heavy atom. The van der Waals surface area contributed by atoms with Gasteiger partial charge in [-0.2, -0.15) is 5.10 Å². The average Bonchev–Trinajstić information content (AvgIpc) is 3.09. The number of carbonyl (C=O) groups excluding carboxylic acids is 1. The van der Waals surface area contributed by atoms with Crippen molar-refractivity contribution in [2.45, 2.75) is 6.54 Å². The molecule has 8 nitrogen and oxygen atoms in total.